The molecule has 0 amide bonds. The highest BCUT2D eigenvalue weighted by atomic mass is 16.5. The summed E-state index contributed by atoms with van der Waals surface area (Å²) in [4.78, 5) is 2.12. The molecule has 102 valence electrons. The number of aliphatic hydroxyl groups excluding tert-OH is 1. The second-order valence-corrected chi connectivity index (χ2v) is 4.92. The number of benzene rings is 1. The van der Waals surface area contributed by atoms with Gasteiger partial charge in [-0.15, -0.1) is 0 Å². The molecule has 0 spiro atoms. The predicted molar refractivity (Wildman–Crippen MR) is 74.6 cm³/mol. The summed E-state index contributed by atoms with van der Waals surface area (Å²) in [6.45, 7) is 3.37. The number of hydrogen-bond donors (Lipinski definition) is 1. The van der Waals surface area contributed by atoms with E-state index in [1.165, 1.54) is 0 Å². The standard InChI is InChI=1S/C15H20N2O2/c1-12(18)8-9-17(2)11-14-10-15(19-16-14)13-6-4-3-5-7-13/h3-7,10,12,18H,8-9,11H2,1-2H3. The molecule has 1 aromatic heterocycles. The average Bonchev–Trinajstić information content (AvgIpc) is 2.86. The zero-order valence-electron chi connectivity index (χ0n) is 11.4. The van der Waals surface area contributed by atoms with E-state index in [-0.39, 0.29) is 6.10 Å². The van der Waals surface area contributed by atoms with Gasteiger partial charge in [0.15, 0.2) is 5.76 Å². The molecular formula is C15H20N2O2. The van der Waals surface area contributed by atoms with Crippen molar-refractivity contribution in [3.63, 3.8) is 0 Å². The monoisotopic (exact) mass is 260 g/mol. The normalized spacial score (nSPS) is 12.8. The van der Waals surface area contributed by atoms with E-state index in [1.54, 1.807) is 6.92 Å². The summed E-state index contributed by atoms with van der Waals surface area (Å²) in [5, 5.41) is 13.3. The Morgan fingerprint density at radius 3 is 2.74 bits per heavy atom. The van der Waals surface area contributed by atoms with Crippen molar-refractivity contribution in [2.24, 2.45) is 0 Å². The Balaban J connectivity index is 1.94. The van der Waals surface area contributed by atoms with Crippen molar-refractivity contribution in [2.45, 2.75) is 26.0 Å². The molecule has 19 heavy (non-hydrogen) atoms. The molecule has 0 aliphatic carbocycles. The molecule has 0 saturated carbocycles. The fourth-order valence-electron chi connectivity index (χ4n) is 1.89. The molecule has 4 nitrogen and oxygen atoms in total. The van der Waals surface area contributed by atoms with Gasteiger partial charge in [-0.1, -0.05) is 35.5 Å². The lowest BCUT2D eigenvalue weighted by atomic mass is 10.1. The molecule has 1 atom stereocenters. The van der Waals surface area contributed by atoms with Crippen LogP contribution < -0.4 is 0 Å². The predicted octanol–water partition coefficient (Wildman–Crippen LogP) is 2.54. The smallest absolute Gasteiger partial charge is 0.167 e. The molecule has 1 N–H and O–H groups in total. The molecular weight excluding hydrogens is 240 g/mol. The molecule has 1 heterocycles. The Hall–Kier alpha value is -1.65. The summed E-state index contributed by atoms with van der Waals surface area (Å²) in [5.74, 6) is 0.791. The Morgan fingerprint density at radius 2 is 2.05 bits per heavy atom. The second kappa shape index (κ2) is 6.50. The highest BCUT2D eigenvalue weighted by Crippen LogP contribution is 2.20. The Morgan fingerprint density at radius 1 is 1.32 bits per heavy atom. The van der Waals surface area contributed by atoms with Gasteiger partial charge >= 0.3 is 0 Å². The van der Waals surface area contributed by atoms with Gasteiger partial charge in [-0.25, -0.2) is 0 Å². The van der Waals surface area contributed by atoms with E-state index in [4.69, 9.17) is 4.52 Å². The fraction of sp³-hybridized carbons (Fsp3) is 0.400. The molecule has 0 fully saturated rings. The quantitative estimate of drug-likeness (QED) is 0.867. The minimum Gasteiger partial charge on any atom is -0.393 e. The zero-order chi connectivity index (χ0) is 13.7. The first-order valence-corrected chi connectivity index (χ1v) is 6.53. The highest BCUT2D eigenvalue weighted by molar-refractivity contribution is 5.56. The number of nitrogens with zero attached hydrogens (tertiary/aromatic N) is 2. The molecule has 0 saturated heterocycles. The van der Waals surface area contributed by atoms with Crippen molar-refractivity contribution >= 4 is 0 Å². The van der Waals surface area contributed by atoms with Gasteiger partial charge < -0.3 is 14.5 Å². The van der Waals surface area contributed by atoms with Gasteiger partial charge in [0.05, 0.1) is 11.8 Å². The van der Waals surface area contributed by atoms with Crippen LogP contribution in [0.15, 0.2) is 40.9 Å². The number of hydrogen-bond acceptors (Lipinski definition) is 4. The van der Waals surface area contributed by atoms with Crippen LogP contribution in [0.1, 0.15) is 19.0 Å². The van der Waals surface area contributed by atoms with Crippen molar-refractivity contribution in [3.05, 3.63) is 42.1 Å². The van der Waals surface area contributed by atoms with E-state index in [9.17, 15) is 5.11 Å². The van der Waals surface area contributed by atoms with Crippen LogP contribution in [0.3, 0.4) is 0 Å². The SMILES string of the molecule is CC(O)CCN(C)Cc1cc(-c2ccccc2)on1. The lowest BCUT2D eigenvalue weighted by molar-refractivity contribution is 0.162. The molecule has 2 rings (SSSR count). The number of rotatable bonds is 6. The molecule has 0 bridgehead atoms. The summed E-state index contributed by atoms with van der Waals surface area (Å²) in [5.41, 5.74) is 1.94. The van der Waals surface area contributed by atoms with E-state index in [1.807, 2.05) is 43.4 Å². The van der Waals surface area contributed by atoms with Gasteiger partial charge in [0.1, 0.15) is 0 Å². The lowest BCUT2D eigenvalue weighted by Gasteiger charge is -2.15. The molecule has 0 radical (unpaired) electrons. The van der Waals surface area contributed by atoms with Crippen LogP contribution in [0.5, 0.6) is 0 Å². The Kier molecular flexibility index (Phi) is 4.71. The molecule has 1 unspecified atom stereocenters. The van der Waals surface area contributed by atoms with E-state index >= 15 is 0 Å². The van der Waals surface area contributed by atoms with Gasteiger partial charge in [0.2, 0.25) is 0 Å². The molecule has 4 heteroatoms. The third-order valence-electron chi connectivity index (χ3n) is 2.98. The van der Waals surface area contributed by atoms with E-state index in [0.29, 0.717) is 0 Å². The minimum atomic E-state index is -0.264. The van der Waals surface area contributed by atoms with E-state index < -0.39 is 0 Å². The van der Waals surface area contributed by atoms with Crippen molar-refractivity contribution in [3.8, 4) is 11.3 Å². The molecule has 1 aromatic carbocycles. The maximum absolute atomic E-state index is 9.26. The topological polar surface area (TPSA) is 49.5 Å². The van der Waals surface area contributed by atoms with Gasteiger partial charge in [-0.05, 0) is 20.4 Å². The van der Waals surface area contributed by atoms with Gasteiger partial charge in [0.25, 0.3) is 0 Å². The minimum absolute atomic E-state index is 0.264. The third-order valence-corrected chi connectivity index (χ3v) is 2.98. The largest absolute Gasteiger partial charge is 0.393 e. The lowest BCUT2D eigenvalue weighted by Crippen LogP contribution is -2.22. The van der Waals surface area contributed by atoms with Gasteiger partial charge in [-0.2, -0.15) is 0 Å². The highest BCUT2D eigenvalue weighted by Gasteiger charge is 2.09. The van der Waals surface area contributed by atoms with E-state index in [2.05, 4.69) is 10.1 Å². The Bertz CT molecular complexity index is 494. The van der Waals surface area contributed by atoms with Crippen LogP contribution in [0.4, 0.5) is 0 Å². The Labute approximate surface area is 113 Å². The first-order valence-electron chi connectivity index (χ1n) is 6.53. The van der Waals surface area contributed by atoms with E-state index in [0.717, 1.165) is 36.5 Å². The van der Waals surface area contributed by atoms with Gasteiger partial charge in [0, 0.05) is 24.7 Å². The van der Waals surface area contributed by atoms with Crippen molar-refractivity contribution in [1.82, 2.24) is 10.1 Å². The van der Waals surface area contributed by atoms with Crippen LogP contribution >= 0.6 is 0 Å². The molecule has 0 aliphatic heterocycles. The fourth-order valence-corrected chi connectivity index (χ4v) is 1.89. The summed E-state index contributed by atoms with van der Waals surface area (Å²) in [7, 11) is 2.01. The number of aliphatic hydroxyl groups is 1. The van der Waals surface area contributed by atoms with Crippen molar-refractivity contribution in [1.29, 1.82) is 0 Å². The summed E-state index contributed by atoms with van der Waals surface area (Å²) < 4.78 is 5.35. The van der Waals surface area contributed by atoms with Crippen LogP contribution in [0.2, 0.25) is 0 Å². The summed E-state index contributed by atoms with van der Waals surface area (Å²) in [6, 6.07) is 11.9. The van der Waals surface area contributed by atoms with Crippen LogP contribution in [-0.2, 0) is 6.54 Å². The maximum Gasteiger partial charge on any atom is 0.167 e. The summed E-state index contributed by atoms with van der Waals surface area (Å²) in [6.07, 6.45) is 0.500. The first-order chi connectivity index (χ1) is 9.15. The summed E-state index contributed by atoms with van der Waals surface area (Å²) >= 11 is 0. The maximum atomic E-state index is 9.26. The van der Waals surface area contributed by atoms with Crippen molar-refractivity contribution in [2.75, 3.05) is 13.6 Å². The van der Waals surface area contributed by atoms with Crippen LogP contribution in [-0.4, -0.2) is 34.9 Å². The molecule has 0 aliphatic rings. The van der Waals surface area contributed by atoms with Gasteiger partial charge in [-0.3, -0.25) is 0 Å². The van der Waals surface area contributed by atoms with Crippen molar-refractivity contribution < 1.29 is 9.63 Å². The average molecular weight is 260 g/mol. The van der Waals surface area contributed by atoms with Crippen LogP contribution in [0, 0.1) is 0 Å². The number of aromatic nitrogens is 1. The second-order valence-electron chi connectivity index (χ2n) is 4.92. The zero-order valence-corrected chi connectivity index (χ0v) is 11.4. The third kappa shape index (κ3) is 4.19. The molecule has 2 aromatic rings. The van der Waals surface area contributed by atoms with Crippen LogP contribution in [0.25, 0.3) is 11.3 Å². The first kappa shape index (κ1) is 13.8.